The summed E-state index contributed by atoms with van der Waals surface area (Å²) in [6.07, 6.45) is 3.47. The summed E-state index contributed by atoms with van der Waals surface area (Å²) in [6, 6.07) is 5.61. The molecule has 23 heavy (non-hydrogen) atoms. The van der Waals surface area contributed by atoms with Crippen LogP contribution in [0.5, 0.6) is 5.75 Å². The summed E-state index contributed by atoms with van der Waals surface area (Å²) in [5.41, 5.74) is 2.76. The molecule has 1 aliphatic rings. The first kappa shape index (κ1) is 14.2. The average molecular weight is 328 g/mol. The largest absolute Gasteiger partial charge is 0.503 e. The number of aromatic amines is 1. The van der Waals surface area contributed by atoms with E-state index in [0.717, 1.165) is 41.5 Å². The lowest BCUT2D eigenvalue weighted by Crippen LogP contribution is -2.34. The van der Waals surface area contributed by atoms with Crippen LogP contribution in [0.15, 0.2) is 40.8 Å². The second-order valence-electron chi connectivity index (χ2n) is 5.65. The quantitative estimate of drug-likeness (QED) is 0.771. The molecule has 6 nitrogen and oxygen atoms in total. The second kappa shape index (κ2) is 5.68. The number of thiophene rings is 1. The molecule has 0 saturated heterocycles. The van der Waals surface area contributed by atoms with Crippen LogP contribution >= 0.6 is 11.3 Å². The minimum atomic E-state index is -0.319. The molecular weight excluding hydrogens is 312 g/mol. The van der Waals surface area contributed by atoms with Gasteiger partial charge in [0.05, 0.1) is 11.1 Å². The van der Waals surface area contributed by atoms with Crippen LogP contribution in [-0.2, 0) is 19.6 Å². The number of rotatable bonds is 3. The van der Waals surface area contributed by atoms with Crippen LogP contribution < -0.4 is 5.43 Å². The van der Waals surface area contributed by atoms with Crippen LogP contribution in [0.3, 0.4) is 0 Å². The Bertz CT molecular complexity index is 882. The van der Waals surface area contributed by atoms with Crippen molar-refractivity contribution in [1.29, 1.82) is 0 Å². The molecule has 0 atom stereocenters. The average Bonchev–Trinajstić information content (AvgIpc) is 3.19. The van der Waals surface area contributed by atoms with Crippen LogP contribution in [0.1, 0.15) is 11.3 Å². The van der Waals surface area contributed by atoms with Gasteiger partial charge in [-0.25, -0.2) is 0 Å². The summed E-state index contributed by atoms with van der Waals surface area (Å²) in [6.45, 7) is 3.09. The molecule has 4 rings (SSSR count). The number of aromatic nitrogens is 3. The van der Waals surface area contributed by atoms with Gasteiger partial charge in [0.25, 0.3) is 0 Å². The molecule has 1 aliphatic heterocycles. The Hall–Kier alpha value is -2.38. The number of pyridine rings is 1. The van der Waals surface area contributed by atoms with Crippen molar-refractivity contribution in [2.75, 3.05) is 6.54 Å². The lowest BCUT2D eigenvalue weighted by atomic mass is 10.1. The van der Waals surface area contributed by atoms with Crippen molar-refractivity contribution >= 4 is 11.3 Å². The normalized spacial score (nSPS) is 14.8. The Kier molecular flexibility index (Phi) is 3.51. The zero-order chi connectivity index (χ0) is 15.8. The molecule has 0 radical (unpaired) electrons. The van der Waals surface area contributed by atoms with E-state index in [1.54, 1.807) is 11.3 Å². The van der Waals surface area contributed by atoms with Crippen molar-refractivity contribution in [3.63, 3.8) is 0 Å². The highest BCUT2D eigenvalue weighted by molar-refractivity contribution is 7.13. The number of nitrogens with zero attached hydrogens (tertiary/aromatic N) is 3. The Morgan fingerprint density at radius 1 is 1.39 bits per heavy atom. The third-order valence-corrected chi connectivity index (χ3v) is 4.98. The highest BCUT2D eigenvalue weighted by Crippen LogP contribution is 2.27. The minimum absolute atomic E-state index is 0.183. The predicted molar refractivity (Wildman–Crippen MR) is 88.4 cm³/mol. The fraction of sp³-hybridized carbons (Fsp3) is 0.250. The van der Waals surface area contributed by atoms with Gasteiger partial charge in [-0.1, -0.05) is 6.07 Å². The molecule has 0 spiro atoms. The van der Waals surface area contributed by atoms with Crippen molar-refractivity contribution in [2.24, 2.45) is 0 Å². The SMILES string of the molecule is O=c1cc2n(cc1O)CCN(Cc1c[nH]nc1-c1cccs1)C2. The van der Waals surface area contributed by atoms with E-state index in [1.807, 2.05) is 22.2 Å². The smallest absolute Gasteiger partial charge is 0.223 e. The van der Waals surface area contributed by atoms with Gasteiger partial charge in [-0.2, -0.15) is 5.10 Å². The number of hydrogen-bond donors (Lipinski definition) is 2. The Morgan fingerprint density at radius 3 is 3.13 bits per heavy atom. The minimum Gasteiger partial charge on any atom is -0.503 e. The van der Waals surface area contributed by atoms with Crippen LogP contribution in [0.2, 0.25) is 0 Å². The zero-order valence-electron chi connectivity index (χ0n) is 12.4. The fourth-order valence-electron chi connectivity index (χ4n) is 2.94. The number of aromatic hydroxyl groups is 1. The summed E-state index contributed by atoms with van der Waals surface area (Å²) in [5.74, 6) is -0.183. The maximum Gasteiger partial charge on any atom is 0.223 e. The van der Waals surface area contributed by atoms with Gasteiger partial charge in [0.15, 0.2) is 5.75 Å². The second-order valence-corrected chi connectivity index (χ2v) is 6.60. The summed E-state index contributed by atoms with van der Waals surface area (Å²) in [7, 11) is 0. The van der Waals surface area contributed by atoms with E-state index in [-0.39, 0.29) is 11.2 Å². The molecular formula is C16H16N4O2S. The number of nitrogens with one attached hydrogen (secondary N) is 1. The highest BCUT2D eigenvalue weighted by Gasteiger charge is 2.19. The maximum atomic E-state index is 11.6. The van der Waals surface area contributed by atoms with Crippen LogP contribution in [0, 0.1) is 0 Å². The first-order valence-electron chi connectivity index (χ1n) is 7.42. The first-order chi connectivity index (χ1) is 11.2. The maximum absolute atomic E-state index is 11.6. The Morgan fingerprint density at radius 2 is 2.30 bits per heavy atom. The monoisotopic (exact) mass is 328 g/mol. The molecule has 0 fully saturated rings. The molecule has 3 aromatic rings. The molecule has 0 bridgehead atoms. The topological polar surface area (TPSA) is 74.2 Å². The van der Waals surface area contributed by atoms with E-state index in [0.29, 0.717) is 6.54 Å². The summed E-state index contributed by atoms with van der Waals surface area (Å²) in [4.78, 5) is 15.1. The molecule has 0 aliphatic carbocycles. The number of fused-ring (bicyclic) bond motifs is 1. The van der Waals surface area contributed by atoms with E-state index in [4.69, 9.17) is 0 Å². The van der Waals surface area contributed by atoms with Gasteiger partial charge in [-0.15, -0.1) is 11.3 Å². The van der Waals surface area contributed by atoms with E-state index in [9.17, 15) is 9.90 Å². The van der Waals surface area contributed by atoms with Crippen LogP contribution in [-0.4, -0.2) is 31.3 Å². The third-order valence-electron chi connectivity index (χ3n) is 4.11. The summed E-state index contributed by atoms with van der Waals surface area (Å²) >= 11 is 1.67. The van der Waals surface area contributed by atoms with Crippen molar-refractivity contribution in [1.82, 2.24) is 19.7 Å². The Balaban J connectivity index is 1.56. The molecule has 7 heteroatoms. The molecule has 0 saturated carbocycles. The standard InChI is InChI=1S/C16H16N4O2S/c21-13-6-12-9-19(3-4-20(12)10-14(13)22)8-11-7-17-18-16(11)15-2-1-5-23-15/h1-2,5-7,10,22H,3-4,8-9H2,(H,17,18). The lowest BCUT2D eigenvalue weighted by Gasteiger charge is -2.30. The summed E-state index contributed by atoms with van der Waals surface area (Å²) in [5, 5.41) is 18.9. The van der Waals surface area contributed by atoms with E-state index in [1.165, 1.54) is 12.3 Å². The molecule has 3 aromatic heterocycles. The van der Waals surface area contributed by atoms with E-state index >= 15 is 0 Å². The van der Waals surface area contributed by atoms with Gasteiger partial charge in [0.2, 0.25) is 5.43 Å². The van der Waals surface area contributed by atoms with Crippen LogP contribution in [0.4, 0.5) is 0 Å². The highest BCUT2D eigenvalue weighted by atomic mass is 32.1. The first-order valence-corrected chi connectivity index (χ1v) is 8.30. The van der Waals surface area contributed by atoms with Crippen molar-refractivity contribution in [2.45, 2.75) is 19.6 Å². The Labute approximate surface area is 136 Å². The van der Waals surface area contributed by atoms with Gasteiger partial charge in [-0.3, -0.25) is 14.8 Å². The molecule has 0 unspecified atom stereocenters. The van der Waals surface area contributed by atoms with Gasteiger partial charge < -0.3 is 9.67 Å². The lowest BCUT2D eigenvalue weighted by molar-refractivity contribution is 0.210. The number of hydrogen-bond acceptors (Lipinski definition) is 5. The van der Waals surface area contributed by atoms with E-state index in [2.05, 4.69) is 21.2 Å². The molecule has 4 heterocycles. The van der Waals surface area contributed by atoms with Crippen molar-refractivity contribution < 1.29 is 5.11 Å². The zero-order valence-corrected chi connectivity index (χ0v) is 13.2. The molecule has 0 aromatic carbocycles. The van der Waals surface area contributed by atoms with Crippen molar-refractivity contribution in [3.8, 4) is 16.3 Å². The third kappa shape index (κ3) is 2.69. The molecule has 0 amide bonds. The molecule has 2 N–H and O–H groups in total. The molecule has 118 valence electrons. The van der Waals surface area contributed by atoms with Gasteiger partial charge in [-0.05, 0) is 11.4 Å². The summed E-state index contributed by atoms with van der Waals surface area (Å²) < 4.78 is 1.95. The van der Waals surface area contributed by atoms with Gasteiger partial charge in [0.1, 0.15) is 5.69 Å². The fourth-order valence-corrected chi connectivity index (χ4v) is 3.69. The van der Waals surface area contributed by atoms with Crippen LogP contribution in [0.25, 0.3) is 10.6 Å². The number of H-pyrrole nitrogens is 1. The van der Waals surface area contributed by atoms with Crippen molar-refractivity contribution in [3.05, 3.63) is 57.5 Å². The van der Waals surface area contributed by atoms with E-state index < -0.39 is 0 Å². The van der Waals surface area contributed by atoms with Gasteiger partial charge >= 0.3 is 0 Å². The van der Waals surface area contributed by atoms with Gasteiger partial charge in [0, 0.05) is 49.7 Å². The predicted octanol–water partition coefficient (Wildman–Crippen LogP) is 2.02.